The van der Waals surface area contributed by atoms with Gasteiger partial charge in [0, 0.05) is 24.6 Å². The molecule has 0 saturated heterocycles. The van der Waals surface area contributed by atoms with E-state index < -0.39 is 0 Å². The third kappa shape index (κ3) is 5.45. The van der Waals surface area contributed by atoms with E-state index in [1.165, 1.54) is 45.3 Å². The number of aromatic nitrogens is 5. The number of hydrogen-bond donors (Lipinski definition) is 0. The van der Waals surface area contributed by atoms with E-state index >= 15 is 0 Å². The molecule has 4 heterocycles. The fraction of sp³-hybridized carbons (Fsp3) is 0.138. The van der Waals surface area contributed by atoms with E-state index in [4.69, 9.17) is 33.5 Å². The quantitative estimate of drug-likeness (QED) is 0.114. The van der Waals surface area contributed by atoms with Crippen LogP contribution in [0.1, 0.15) is 11.3 Å². The van der Waals surface area contributed by atoms with Crippen LogP contribution in [0.4, 0.5) is 0 Å². The fourth-order valence-electron chi connectivity index (χ4n) is 4.52. The van der Waals surface area contributed by atoms with Gasteiger partial charge in [0.1, 0.15) is 16.1 Å². The molecular formula is C29H22ClN5O3S3. The maximum atomic E-state index is 14.1. The number of ether oxygens (including phenoxy) is 1. The van der Waals surface area contributed by atoms with Crippen LogP contribution >= 0.6 is 46.9 Å². The van der Waals surface area contributed by atoms with Crippen molar-refractivity contribution in [3.8, 4) is 11.4 Å². The molecule has 6 rings (SSSR count). The molecule has 0 saturated carbocycles. The zero-order valence-corrected chi connectivity index (χ0v) is 24.9. The van der Waals surface area contributed by atoms with Gasteiger partial charge in [-0.3, -0.25) is 18.6 Å². The highest BCUT2D eigenvalue weighted by atomic mass is 35.5. The van der Waals surface area contributed by atoms with Crippen LogP contribution < -0.4 is 15.9 Å². The van der Waals surface area contributed by atoms with Gasteiger partial charge in [0.25, 0.3) is 11.1 Å². The fourth-order valence-corrected chi connectivity index (χ4v) is 6.88. The summed E-state index contributed by atoms with van der Waals surface area (Å²) in [6.45, 7) is 0.587. The van der Waals surface area contributed by atoms with E-state index in [1.54, 1.807) is 29.9 Å². The van der Waals surface area contributed by atoms with Gasteiger partial charge in [-0.05, 0) is 48.5 Å². The molecule has 0 spiro atoms. The molecule has 12 heteroatoms. The normalized spacial score (nSPS) is 11.4. The second-order valence-electron chi connectivity index (χ2n) is 9.06. The lowest BCUT2D eigenvalue weighted by Gasteiger charge is -2.15. The second kappa shape index (κ2) is 11.6. The lowest BCUT2D eigenvalue weighted by Crippen LogP contribution is -2.22. The lowest BCUT2D eigenvalue weighted by atomic mass is 10.1. The van der Waals surface area contributed by atoms with Crippen LogP contribution in [0.15, 0.2) is 93.7 Å². The molecule has 0 fully saturated rings. The molecule has 4 aromatic heterocycles. The van der Waals surface area contributed by atoms with Gasteiger partial charge in [0.05, 0.1) is 23.5 Å². The third-order valence-corrected chi connectivity index (χ3v) is 9.10. The van der Waals surface area contributed by atoms with Gasteiger partial charge in [-0.2, -0.15) is 0 Å². The molecule has 0 atom stereocenters. The van der Waals surface area contributed by atoms with Gasteiger partial charge < -0.3 is 9.30 Å². The number of aryl methyl sites for hydroxylation is 2. The molecule has 0 amide bonds. The van der Waals surface area contributed by atoms with E-state index in [0.717, 1.165) is 6.42 Å². The number of thioether (sulfide) groups is 1. The van der Waals surface area contributed by atoms with Crippen LogP contribution in [0.2, 0.25) is 5.02 Å². The highest BCUT2D eigenvalue weighted by Crippen LogP contribution is 2.30. The Morgan fingerprint density at radius 1 is 1.02 bits per heavy atom. The summed E-state index contributed by atoms with van der Waals surface area (Å²) in [6, 6.07) is 22.2. The predicted molar refractivity (Wildman–Crippen MR) is 167 cm³/mol. The molecule has 0 radical (unpaired) electrons. The SMILES string of the molecule is COc1ccccc1-n1c(SCc2cc(=O)n3cc(Cl)ccc3n2)nc2c(sc(=S)n2CCc2ccccc2)c1=O. The average Bonchev–Trinajstić information content (AvgIpc) is 3.31. The van der Waals surface area contributed by atoms with Gasteiger partial charge in [-0.1, -0.05) is 77.2 Å². The van der Waals surface area contributed by atoms with Gasteiger partial charge in [0.15, 0.2) is 14.8 Å². The number of thiazole rings is 1. The minimum atomic E-state index is -0.244. The first-order valence-electron chi connectivity index (χ1n) is 12.6. The summed E-state index contributed by atoms with van der Waals surface area (Å²) in [6.07, 6.45) is 2.28. The molecule has 8 nitrogen and oxygen atoms in total. The van der Waals surface area contributed by atoms with Gasteiger partial charge in [0.2, 0.25) is 0 Å². The monoisotopic (exact) mass is 619 g/mol. The van der Waals surface area contributed by atoms with Gasteiger partial charge in [-0.15, -0.1) is 0 Å². The standard InChI is InChI=1S/C29H22ClN5O3S3/c1-38-22-10-6-5-9-21(22)35-27(37)25-26(33(29(39)41-25)14-13-18-7-3-2-4-8-18)32-28(35)40-17-20-15-24(36)34-16-19(30)11-12-23(34)31-20/h2-12,15-16H,13-14,17H2,1H3. The minimum Gasteiger partial charge on any atom is -0.495 e. The molecule has 41 heavy (non-hydrogen) atoms. The number of para-hydroxylation sites is 2. The molecule has 0 unspecified atom stereocenters. The molecule has 0 N–H and O–H groups in total. The van der Waals surface area contributed by atoms with Crippen LogP contribution in [-0.4, -0.2) is 30.6 Å². The maximum absolute atomic E-state index is 14.1. The van der Waals surface area contributed by atoms with E-state index in [9.17, 15) is 9.59 Å². The number of rotatable bonds is 8. The predicted octanol–water partition coefficient (Wildman–Crippen LogP) is 6.18. The Morgan fingerprint density at radius 2 is 1.80 bits per heavy atom. The second-order valence-corrected chi connectivity index (χ2v) is 12.1. The summed E-state index contributed by atoms with van der Waals surface area (Å²) >= 11 is 14.3. The molecule has 6 aromatic rings. The van der Waals surface area contributed by atoms with Crippen LogP contribution in [0, 0.1) is 3.95 Å². The van der Waals surface area contributed by atoms with E-state index in [0.29, 0.717) is 59.6 Å². The van der Waals surface area contributed by atoms with Crippen LogP contribution in [0.25, 0.3) is 21.7 Å². The maximum Gasteiger partial charge on any atom is 0.278 e. The molecule has 0 aliphatic rings. The number of nitrogens with zero attached hydrogens (tertiary/aromatic N) is 5. The Morgan fingerprint density at radius 3 is 2.61 bits per heavy atom. The van der Waals surface area contributed by atoms with Gasteiger partial charge >= 0.3 is 0 Å². The smallest absolute Gasteiger partial charge is 0.278 e. The highest BCUT2D eigenvalue weighted by molar-refractivity contribution is 7.98. The molecule has 2 aromatic carbocycles. The van der Waals surface area contributed by atoms with E-state index in [1.807, 2.05) is 41.0 Å². The molecule has 0 aliphatic carbocycles. The van der Waals surface area contributed by atoms with E-state index in [2.05, 4.69) is 17.1 Å². The number of halogens is 1. The summed E-state index contributed by atoms with van der Waals surface area (Å²) in [7, 11) is 1.56. The van der Waals surface area contributed by atoms with Crippen molar-refractivity contribution < 1.29 is 4.74 Å². The lowest BCUT2D eigenvalue weighted by molar-refractivity contribution is 0.411. The van der Waals surface area contributed by atoms with Crippen LogP contribution in [0.5, 0.6) is 5.75 Å². The first-order valence-corrected chi connectivity index (χ1v) is 15.2. The number of fused-ring (bicyclic) bond motifs is 2. The number of methoxy groups -OCH3 is 1. The Bertz CT molecular complexity index is 2090. The number of benzene rings is 2. The van der Waals surface area contributed by atoms with Crippen molar-refractivity contribution in [3.63, 3.8) is 0 Å². The molecule has 206 valence electrons. The summed E-state index contributed by atoms with van der Waals surface area (Å²) in [4.78, 5) is 36.4. The van der Waals surface area contributed by atoms with Crippen molar-refractivity contribution in [3.05, 3.63) is 120 Å². The topological polar surface area (TPSA) is 83.4 Å². The van der Waals surface area contributed by atoms with Crippen molar-refractivity contribution in [2.24, 2.45) is 0 Å². The highest BCUT2D eigenvalue weighted by Gasteiger charge is 2.20. The zero-order chi connectivity index (χ0) is 28.5. The first kappa shape index (κ1) is 27.4. The summed E-state index contributed by atoms with van der Waals surface area (Å²) in [5.74, 6) is 0.833. The van der Waals surface area contributed by atoms with Crippen LogP contribution in [-0.2, 0) is 18.7 Å². The summed E-state index contributed by atoms with van der Waals surface area (Å²) < 4.78 is 11.5. The Labute approximate surface area is 252 Å². The first-order chi connectivity index (χ1) is 19.9. The van der Waals surface area contributed by atoms with Crippen molar-refractivity contribution in [1.82, 2.24) is 23.5 Å². The Balaban J connectivity index is 1.46. The van der Waals surface area contributed by atoms with Crippen molar-refractivity contribution in [2.75, 3.05) is 7.11 Å². The molecule has 0 aliphatic heterocycles. The van der Waals surface area contributed by atoms with Crippen molar-refractivity contribution in [2.45, 2.75) is 23.9 Å². The summed E-state index contributed by atoms with van der Waals surface area (Å²) in [5, 5.41) is 0.880. The molecular weight excluding hydrogens is 598 g/mol. The Hall–Kier alpha value is -3.77. The third-order valence-electron chi connectivity index (χ3n) is 6.48. The summed E-state index contributed by atoms with van der Waals surface area (Å²) in [5.41, 5.74) is 2.82. The van der Waals surface area contributed by atoms with Crippen molar-refractivity contribution >= 4 is 62.9 Å². The number of pyridine rings is 1. The largest absolute Gasteiger partial charge is 0.495 e. The Kier molecular flexibility index (Phi) is 7.76. The van der Waals surface area contributed by atoms with Crippen molar-refractivity contribution in [1.29, 1.82) is 0 Å². The minimum absolute atomic E-state index is 0.238. The zero-order valence-electron chi connectivity index (χ0n) is 21.7. The van der Waals surface area contributed by atoms with Crippen LogP contribution in [0.3, 0.4) is 0 Å². The molecule has 0 bridgehead atoms. The van der Waals surface area contributed by atoms with Gasteiger partial charge in [-0.25, -0.2) is 9.97 Å². The average molecular weight is 620 g/mol. The number of hydrogen-bond acceptors (Lipinski definition) is 8. The van der Waals surface area contributed by atoms with E-state index in [-0.39, 0.29) is 11.1 Å².